The molecule has 0 spiro atoms. The minimum absolute atomic E-state index is 0.207. The van der Waals surface area contributed by atoms with Gasteiger partial charge in [-0.15, -0.1) is 0 Å². The van der Waals surface area contributed by atoms with E-state index >= 15 is 0 Å². The molecule has 0 aromatic heterocycles. The van der Waals surface area contributed by atoms with E-state index in [-0.39, 0.29) is 14.7 Å². The molecular weight excluding hydrogens is 301 g/mol. The van der Waals surface area contributed by atoms with Crippen molar-refractivity contribution in [1.82, 2.24) is 0 Å². The first-order chi connectivity index (χ1) is 10.6. The zero-order valence-electron chi connectivity index (χ0n) is 13.4. The quantitative estimate of drug-likeness (QED) is 0.307. The molecule has 1 fully saturated rings. The van der Waals surface area contributed by atoms with E-state index in [2.05, 4.69) is 6.92 Å². The first-order valence-electron chi connectivity index (χ1n) is 8.59. The highest BCUT2D eigenvalue weighted by atomic mass is 28.3. The highest BCUT2D eigenvalue weighted by Crippen LogP contribution is 2.36. The third-order valence-corrected chi connectivity index (χ3v) is 7.86. The lowest BCUT2D eigenvalue weighted by Crippen LogP contribution is -2.20. The Morgan fingerprint density at radius 1 is 0.955 bits per heavy atom. The van der Waals surface area contributed by atoms with Crippen LogP contribution in [0.25, 0.3) is 0 Å². The van der Waals surface area contributed by atoms with Crippen molar-refractivity contribution < 1.29 is 13.2 Å². The Kier molecular flexibility index (Phi) is 6.99. The van der Waals surface area contributed by atoms with E-state index in [1.807, 2.05) is 0 Å². The monoisotopic (exact) mass is 327 g/mol. The molecule has 1 radical (unpaired) electrons. The van der Waals surface area contributed by atoms with Crippen molar-refractivity contribution in [2.75, 3.05) is 0 Å². The van der Waals surface area contributed by atoms with Crippen LogP contribution in [0.2, 0.25) is 18.1 Å². The van der Waals surface area contributed by atoms with Gasteiger partial charge >= 0.3 is 0 Å². The summed E-state index contributed by atoms with van der Waals surface area (Å²) < 4.78 is 39.7. The van der Waals surface area contributed by atoms with Gasteiger partial charge in [0, 0.05) is 8.80 Å². The van der Waals surface area contributed by atoms with E-state index in [4.69, 9.17) is 0 Å². The molecule has 0 N–H and O–H groups in total. The maximum Gasteiger partial charge on any atom is 0.194 e. The molecule has 0 bridgehead atoms. The lowest BCUT2D eigenvalue weighted by molar-refractivity contribution is 0.441. The molecular formula is C18H26F3Si. The summed E-state index contributed by atoms with van der Waals surface area (Å²) in [4.78, 5) is 0. The number of hydrogen-bond acceptors (Lipinski definition) is 0. The molecule has 0 nitrogen and oxygen atoms in total. The third-order valence-electron chi connectivity index (χ3n) is 4.80. The molecule has 0 atom stereocenters. The topological polar surface area (TPSA) is 0 Å². The summed E-state index contributed by atoms with van der Waals surface area (Å²) in [6.07, 6.45) is 8.68. The predicted molar refractivity (Wildman–Crippen MR) is 87.2 cm³/mol. The van der Waals surface area contributed by atoms with Crippen molar-refractivity contribution >= 4 is 8.80 Å². The zero-order chi connectivity index (χ0) is 15.9. The van der Waals surface area contributed by atoms with E-state index in [1.54, 1.807) is 0 Å². The van der Waals surface area contributed by atoms with Crippen LogP contribution in [0.4, 0.5) is 13.2 Å². The second-order valence-electron chi connectivity index (χ2n) is 6.49. The lowest BCUT2D eigenvalue weighted by Gasteiger charge is -2.28. The Bertz CT molecular complexity index is 444. The molecule has 1 aliphatic rings. The van der Waals surface area contributed by atoms with Gasteiger partial charge in [-0.2, -0.15) is 0 Å². The van der Waals surface area contributed by atoms with Gasteiger partial charge in [0.2, 0.25) is 0 Å². The summed E-state index contributed by atoms with van der Waals surface area (Å²) in [6, 6.07) is 6.21. The normalized spacial score (nSPS) is 17.1. The maximum atomic E-state index is 13.3. The van der Waals surface area contributed by atoms with E-state index < -0.39 is 17.5 Å². The Hall–Kier alpha value is -0.773. The van der Waals surface area contributed by atoms with Crippen molar-refractivity contribution in [3.8, 4) is 0 Å². The van der Waals surface area contributed by atoms with Gasteiger partial charge in [-0.25, -0.2) is 13.2 Å². The van der Waals surface area contributed by atoms with Crippen LogP contribution in [0.15, 0.2) is 12.1 Å². The Labute approximate surface area is 133 Å². The van der Waals surface area contributed by atoms with Gasteiger partial charge in [-0.3, -0.25) is 0 Å². The molecule has 1 saturated heterocycles. The fourth-order valence-electron chi connectivity index (χ4n) is 3.40. The predicted octanol–water partition coefficient (Wildman–Crippen LogP) is 6.45. The van der Waals surface area contributed by atoms with Gasteiger partial charge in [0.1, 0.15) is 0 Å². The number of unbranched alkanes of at least 4 members (excludes halogenated alkanes) is 4. The first-order valence-corrected chi connectivity index (χ1v) is 10.7. The van der Waals surface area contributed by atoms with Crippen LogP contribution in [0.1, 0.15) is 63.4 Å². The van der Waals surface area contributed by atoms with Crippen LogP contribution >= 0.6 is 0 Å². The third kappa shape index (κ3) is 4.87. The zero-order valence-corrected chi connectivity index (χ0v) is 14.4. The van der Waals surface area contributed by atoms with Gasteiger partial charge in [0.05, 0.1) is 0 Å². The van der Waals surface area contributed by atoms with Crippen LogP contribution in [-0.2, 0) is 0 Å². The molecule has 0 aliphatic carbocycles. The molecule has 0 unspecified atom stereocenters. The number of hydrogen-bond donors (Lipinski definition) is 0. The van der Waals surface area contributed by atoms with Gasteiger partial charge in [-0.05, 0) is 36.5 Å². The fraction of sp³-hybridized carbons (Fsp3) is 0.667. The van der Waals surface area contributed by atoms with Crippen molar-refractivity contribution in [3.05, 3.63) is 35.1 Å². The highest BCUT2D eigenvalue weighted by molar-refractivity contribution is 6.59. The summed E-state index contributed by atoms with van der Waals surface area (Å²) in [7, 11) is -0.264. The van der Waals surface area contributed by atoms with E-state index in [9.17, 15) is 13.2 Å². The Balaban J connectivity index is 1.77. The van der Waals surface area contributed by atoms with Gasteiger partial charge in [0.15, 0.2) is 17.5 Å². The van der Waals surface area contributed by atoms with Crippen molar-refractivity contribution in [3.63, 3.8) is 0 Å². The number of benzene rings is 1. The molecule has 22 heavy (non-hydrogen) atoms. The second kappa shape index (κ2) is 8.75. The molecule has 1 aromatic rings. The summed E-state index contributed by atoms with van der Waals surface area (Å²) >= 11 is 0. The molecule has 2 rings (SSSR count). The van der Waals surface area contributed by atoms with Gasteiger partial charge in [-0.1, -0.05) is 57.2 Å². The number of halogens is 3. The molecule has 0 amide bonds. The maximum absolute atomic E-state index is 13.3. The molecule has 123 valence electrons. The van der Waals surface area contributed by atoms with Gasteiger partial charge < -0.3 is 0 Å². The highest BCUT2D eigenvalue weighted by Gasteiger charge is 2.24. The SMILES string of the molecule is CCCCCCC[Si]1CCC(c2cc(F)c(F)c(F)c2)CC1. The molecule has 1 heterocycles. The molecule has 4 heteroatoms. The van der Waals surface area contributed by atoms with Crippen molar-refractivity contribution in [1.29, 1.82) is 0 Å². The number of rotatable bonds is 7. The van der Waals surface area contributed by atoms with Crippen LogP contribution in [-0.4, -0.2) is 8.80 Å². The van der Waals surface area contributed by atoms with Crippen molar-refractivity contribution in [2.45, 2.75) is 75.9 Å². The van der Waals surface area contributed by atoms with Gasteiger partial charge in [0.25, 0.3) is 0 Å². The smallest absolute Gasteiger partial charge is 0.194 e. The Morgan fingerprint density at radius 2 is 1.55 bits per heavy atom. The van der Waals surface area contributed by atoms with Crippen LogP contribution in [0, 0.1) is 17.5 Å². The average Bonchev–Trinajstić information content (AvgIpc) is 2.52. The van der Waals surface area contributed by atoms with E-state index in [1.165, 1.54) is 62.4 Å². The van der Waals surface area contributed by atoms with Crippen LogP contribution in [0.3, 0.4) is 0 Å². The standard InChI is InChI=1S/C18H26F3Si/c1-2-3-4-5-6-9-22-10-7-14(8-11-22)15-12-16(19)18(21)17(20)13-15/h12-14H,2-11H2,1H3. The first kappa shape index (κ1) is 17.6. The lowest BCUT2D eigenvalue weighted by atomic mass is 9.93. The molecule has 1 aromatic carbocycles. The fourth-order valence-corrected chi connectivity index (χ4v) is 6.41. The van der Waals surface area contributed by atoms with Crippen LogP contribution < -0.4 is 0 Å². The molecule has 1 aliphatic heterocycles. The Morgan fingerprint density at radius 3 is 2.14 bits per heavy atom. The largest absolute Gasteiger partial charge is 0.204 e. The minimum atomic E-state index is -1.35. The minimum Gasteiger partial charge on any atom is -0.204 e. The summed E-state index contributed by atoms with van der Waals surface area (Å²) in [6.45, 7) is 2.23. The van der Waals surface area contributed by atoms with E-state index in [0.29, 0.717) is 5.56 Å². The average molecular weight is 327 g/mol. The van der Waals surface area contributed by atoms with E-state index in [0.717, 1.165) is 12.8 Å². The van der Waals surface area contributed by atoms with Crippen LogP contribution in [0.5, 0.6) is 0 Å². The van der Waals surface area contributed by atoms with Crippen molar-refractivity contribution in [2.24, 2.45) is 0 Å². The molecule has 0 saturated carbocycles. The summed E-state index contributed by atoms with van der Waals surface area (Å²) in [5, 5.41) is 0. The summed E-state index contributed by atoms with van der Waals surface area (Å²) in [5.74, 6) is -3.25. The summed E-state index contributed by atoms with van der Waals surface area (Å²) in [5.41, 5.74) is 0.639. The second-order valence-corrected chi connectivity index (χ2v) is 9.49.